The lowest BCUT2D eigenvalue weighted by Gasteiger charge is -1.97. The Morgan fingerprint density at radius 1 is 1.50 bits per heavy atom. The summed E-state index contributed by atoms with van der Waals surface area (Å²) in [7, 11) is 0. The molecule has 0 bridgehead atoms. The van der Waals surface area contributed by atoms with Crippen molar-refractivity contribution in [1.29, 1.82) is 0 Å². The van der Waals surface area contributed by atoms with Crippen LogP contribution in [0.25, 0.3) is 11.0 Å². The van der Waals surface area contributed by atoms with E-state index in [1.165, 1.54) is 0 Å². The summed E-state index contributed by atoms with van der Waals surface area (Å²) in [5.74, 6) is 0. The maximum atomic E-state index is 5.02. The van der Waals surface area contributed by atoms with E-state index in [0.717, 1.165) is 15.9 Å². The van der Waals surface area contributed by atoms with Crippen LogP contribution in [0.4, 0.5) is 0 Å². The standard InChI is InChI=1S/C8H6N2S2/c11-7-4-6-5(10-8(7)12)2-1-3-9-6/h1-4,11H,(H,10,12). The van der Waals surface area contributed by atoms with E-state index in [4.69, 9.17) is 12.2 Å². The van der Waals surface area contributed by atoms with Crippen LogP contribution in [0.3, 0.4) is 0 Å². The van der Waals surface area contributed by atoms with Crippen LogP contribution in [0.1, 0.15) is 0 Å². The van der Waals surface area contributed by atoms with Crippen LogP contribution in [0.15, 0.2) is 29.3 Å². The van der Waals surface area contributed by atoms with Crippen molar-refractivity contribution < 1.29 is 0 Å². The van der Waals surface area contributed by atoms with Crippen molar-refractivity contribution in [3.63, 3.8) is 0 Å². The van der Waals surface area contributed by atoms with E-state index in [2.05, 4.69) is 22.6 Å². The zero-order chi connectivity index (χ0) is 8.55. The zero-order valence-corrected chi connectivity index (χ0v) is 7.82. The number of rotatable bonds is 0. The molecule has 2 nitrogen and oxygen atoms in total. The van der Waals surface area contributed by atoms with Gasteiger partial charge in [0.15, 0.2) is 0 Å². The number of nitrogens with zero attached hydrogens (tertiary/aromatic N) is 1. The largest absolute Gasteiger partial charge is 0.344 e. The van der Waals surface area contributed by atoms with Crippen molar-refractivity contribution in [3.05, 3.63) is 29.0 Å². The molecule has 4 heteroatoms. The first-order chi connectivity index (χ1) is 5.77. The van der Waals surface area contributed by atoms with Gasteiger partial charge in [0.05, 0.1) is 11.0 Å². The molecule has 0 amide bonds. The highest BCUT2D eigenvalue weighted by atomic mass is 32.1. The summed E-state index contributed by atoms with van der Waals surface area (Å²) in [5.41, 5.74) is 1.83. The van der Waals surface area contributed by atoms with Crippen molar-refractivity contribution in [1.82, 2.24) is 9.97 Å². The molecule has 2 aromatic rings. The summed E-state index contributed by atoms with van der Waals surface area (Å²) in [5, 5.41) is 0. The molecule has 0 aliphatic rings. The second-order valence-corrected chi connectivity index (χ2v) is 3.31. The number of pyridine rings is 2. The van der Waals surface area contributed by atoms with Gasteiger partial charge in [-0.15, -0.1) is 12.6 Å². The summed E-state index contributed by atoms with van der Waals surface area (Å²) in [6, 6.07) is 5.66. The monoisotopic (exact) mass is 194 g/mol. The highest BCUT2D eigenvalue weighted by Gasteiger charge is 1.95. The Balaban J connectivity index is 2.93. The van der Waals surface area contributed by atoms with E-state index >= 15 is 0 Å². The lowest BCUT2D eigenvalue weighted by molar-refractivity contribution is 1.24. The third-order valence-electron chi connectivity index (χ3n) is 1.59. The third kappa shape index (κ3) is 1.23. The van der Waals surface area contributed by atoms with E-state index in [1.54, 1.807) is 6.20 Å². The van der Waals surface area contributed by atoms with Gasteiger partial charge in [0.2, 0.25) is 0 Å². The third-order valence-corrected chi connectivity index (χ3v) is 2.42. The molecule has 2 heterocycles. The van der Waals surface area contributed by atoms with Gasteiger partial charge in [-0.25, -0.2) is 0 Å². The van der Waals surface area contributed by atoms with Gasteiger partial charge in [0, 0.05) is 11.1 Å². The second-order valence-electron chi connectivity index (χ2n) is 2.42. The Hall–Kier alpha value is -0.870. The molecule has 0 radical (unpaired) electrons. The van der Waals surface area contributed by atoms with E-state index in [0.29, 0.717) is 4.64 Å². The molecule has 0 atom stereocenters. The van der Waals surface area contributed by atoms with Gasteiger partial charge in [0.1, 0.15) is 4.64 Å². The van der Waals surface area contributed by atoms with Crippen LogP contribution in [0.2, 0.25) is 0 Å². The average molecular weight is 194 g/mol. The first-order valence-electron chi connectivity index (χ1n) is 3.44. The Kier molecular flexibility index (Phi) is 1.86. The van der Waals surface area contributed by atoms with Gasteiger partial charge < -0.3 is 4.98 Å². The molecule has 0 fully saturated rings. The smallest absolute Gasteiger partial charge is 0.117 e. The minimum Gasteiger partial charge on any atom is -0.344 e. The predicted molar refractivity (Wildman–Crippen MR) is 54.2 cm³/mol. The van der Waals surface area contributed by atoms with Crippen molar-refractivity contribution in [2.45, 2.75) is 4.90 Å². The summed E-state index contributed by atoms with van der Waals surface area (Å²) < 4.78 is 0.652. The molecule has 0 aliphatic carbocycles. The fourth-order valence-electron chi connectivity index (χ4n) is 1.02. The molecule has 1 N–H and O–H groups in total. The van der Waals surface area contributed by atoms with Crippen molar-refractivity contribution in [3.8, 4) is 0 Å². The van der Waals surface area contributed by atoms with E-state index < -0.39 is 0 Å². The summed E-state index contributed by atoms with van der Waals surface area (Å²) >= 11 is 9.22. The van der Waals surface area contributed by atoms with Gasteiger partial charge in [-0.2, -0.15) is 0 Å². The quantitative estimate of drug-likeness (QED) is 0.498. The molecule has 12 heavy (non-hydrogen) atoms. The van der Waals surface area contributed by atoms with Crippen molar-refractivity contribution in [2.75, 3.05) is 0 Å². The average Bonchev–Trinajstić information content (AvgIpc) is 2.07. The fourth-order valence-corrected chi connectivity index (χ4v) is 1.37. The molecule has 2 aromatic heterocycles. The molecule has 0 saturated carbocycles. The zero-order valence-electron chi connectivity index (χ0n) is 6.11. The summed E-state index contributed by atoms with van der Waals surface area (Å²) in [6.07, 6.45) is 1.74. The molecular formula is C8H6N2S2. The highest BCUT2D eigenvalue weighted by molar-refractivity contribution is 7.81. The maximum Gasteiger partial charge on any atom is 0.117 e. The number of aromatic nitrogens is 2. The topological polar surface area (TPSA) is 28.7 Å². The van der Waals surface area contributed by atoms with Gasteiger partial charge in [-0.1, -0.05) is 12.2 Å². The van der Waals surface area contributed by atoms with Gasteiger partial charge in [-0.05, 0) is 18.2 Å². The van der Waals surface area contributed by atoms with Crippen molar-refractivity contribution in [2.24, 2.45) is 0 Å². The van der Waals surface area contributed by atoms with E-state index in [-0.39, 0.29) is 0 Å². The van der Waals surface area contributed by atoms with Crippen LogP contribution < -0.4 is 0 Å². The minimum absolute atomic E-state index is 0.652. The molecule has 0 spiro atoms. The number of fused-ring (bicyclic) bond motifs is 1. The number of H-pyrrole nitrogens is 1. The van der Waals surface area contributed by atoms with Crippen LogP contribution in [-0.4, -0.2) is 9.97 Å². The summed E-state index contributed by atoms with van der Waals surface area (Å²) in [6.45, 7) is 0. The number of hydrogen-bond acceptors (Lipinski definition) is 3. The van der Waals surface area contributed by atoms with Crippen LogP contribution in [-0.2, 0) is 0 Å². The van der Waals surface area contributed by atoms with E-state index in [1.807, 2.05) is 18.2 Å². The Morgan fingerprint density at radius 2 is 2.33 bits per heavy atom. The number of aromatic amines is 1. The Labute approximate surface area is 80.1 Å². The van der Waals surface area contributed by atoms with Gasteiger partial charge in [-0.3, -0.25) is 4.98 Å². The predicted octanol–water partition coefficient (Wildman–Crippen LogP) is 2.58. The summed E-state index contributed by atoms with van der Waals surface area (Å²) in [4.78, 5) is 7.95. The number of thiol groups is 1. The molecule has 0 unspecified atom stereocenters. The molecule has 0 aromatic carbocycles. The highest BCUT2D eigenvalue weighted by Crippen LogP contribution is 2.13. The number of nitrogens with one attached hydrogen (secondary N) is 1. The maximum absolute atomic E-state index is 5.02. The lowest BCUT2D eigenvalue weighted by atomic mass is 10.3. The van der Waals surface area contributed by atoms with Gasteiger partial charge in [0.25, 0.3) is 0 Å². The number of hydrogen-bond donors (Lipinski definition) is 2. The van der Waals surface area contributed by atoms with Crippen LogP contribution >= 0.6 is 24.8 Å². The minimum atomic E-state index is 0.652. The van der Waals surface area contributed by atoms with Crippen molar-refractivity contribution >= 4 is 35.9 Å². The molecular weight excluding hydrogens is 188 g/mol. The Morgan fingerprint density at radius 3 is 3.17 bits per heavy atom. The molecule has 0 aliphatic heterocycles. The molecule has 0 saturated heterocycles. The first-order valence-corrected chi connectivity index (χ1v) is 4.30. The molecule has 60 valence electrons. The van der Waals surface area contributed by atoms with Crippen LogP contribution in [0.5, 0.6) is 0 Å². The Bertz CT molecular complexity index is 476. The SMILES string of the molecule is S=c1[nH]c2cccnc2cc1S. The van der Waals surface area contributed by atoms with Crippen LogP contribution in [0, 0.1) is 4.64 Å². The van der Waals surface area contributed by atoms with Gasteiger partial charge >= 0.3 is 0 Å². The first kappa shape index (κ1) is 7.76. The van der Waals surface area contributed by atoms with E-state index in [9.17, 15) is 0 Å². The lowest BCUT2D eigenvalue weighted by Crippen LogP contribution is -1.83. The molecule has 2 rings (SSSR count). The second kappa shape index (κ2) is 2.88. The fraction of sp³-hybridized carbons (Fsp3) is 0. The normalized spacial score (nSPS) is 10.4.